The van der Waals surface area contributed by atoms with Gasteiger partial charge < -0.3 is 10.5 Å². The number of hydrogen-bond donors (Lipinski definition) is 1. The fourth-order valence-corrected chi connectivity index (χ4v) is 5.57. The molecule has 0 atom stereocenters. The molecule has 2 aliphatic rings. The van der Waals surface area contributed by atoms with Crippen LogP contribution in [0.5, 0.6) is 0 Å². The van der Waals surface area contributed by atoms with E-state index in [1.54, 1.807) is 12.3 Å². The highest BCUT2D eigenvalue weighted by atomic mass is 16.6. The third-order valence-corrected chi connectivity index (χ3v) is 7.80. The highest BCUT2D eigenvalue weighted by molar-refractivity contribution is 6.04. The summed E-state index contributed by atoms with van der Waals surface area (Å²) in [7, 11) is 0. The molecule has 1 aliphatic carbocycles. The van der Waals surface area contributed by atoms with Gasteiger partial charge in [-0.1, -0.05) is 24.3 Å². The number of rotatable bonds is 6. The Morgan fingerprint density at radius 3 is 2.72 bits per heavy atom. The molecule has 36 heavy (non-hydrogen) atoms. The van der Waals surface area contributed by atoms with Crippen LogP contribution < -0.4 is 5.73 Å². The molecule has 1 saturated carbocycles. The Bertz CT molecular complexity index is 1330. The second-order valence-corrected chi connectivity index (χ2v) is 9.98. The van der Waals surface area contributed by atoms with Crippen LogP contribution in [0, 0.1) is 17.2 Å². The van der Waals surface area contributed by atoms with Crippen molar-refractivity contribution >= 4 is 22.8 Å². The lowest BCUT2D eigenvalue weighted by Gasteiger charge is -2.38. The smallest absolute Gasteiger partial charge is 0.339 e. The maximum Gasteiger partial charge on any atom is 0.339 e. The molecule has 0 radical (unpaired) electrons. The van der Waals surface area contributed by atoms with Crippen LogP contribution in [0.25, 0.3) is 10.9 Å². The molecule has 7 nitrogen and oxygen atoms in total. The molecule has 2 heterocycles. The Morgan fingerprint density at radius 1 is 1.14 bits per heavy atom. The number of carbonyl (C=O) groups is 2. The molecule has 0 spiro atoms. The average Bonchev–Trinajstić information content (AvgIpc) is 2.91. The van der Waals surface area contributed by atoms with Gasteiger partial charge >= 0.3 is 5.97 Å². The minimum absolute atomic E-state index is 0.399. The number of amides is 1. The van der Waals surface area contributed by atoms with Gasteiger partial charge in [-0.3, -0.25) is 14.7 Å². The van der Waals surface area contributed by atoms with E-state index in [-0.39, 0.29) is 0 Å². The lowest BCUT2D eigenvalue weighted by molar-refractivity contribution is -0.142. The quantitative estimate of drug-likeness (QED) is 0.529. The van der Waals surface area contributed by atoms with Gasteiger partial charge in [-0.2, -0.15) is 5.26 Å². The van der Waals surface area contributed by atoms with E-state index < -0.39 is 17.5 Å². The van der Waals surface area contributed by atoms with Gasteiger partial charge in [-0.25, -0.2) is 4.79 Å². The zero-order valence-electron chi connectivity index (χ0n) is 20.3. The summed E-state index contributed by atoms with van der Waals surface area (Å²) in [6.45, 7) is 2.87. The number of nitrogens with zero attached hydrogens (tertiary/aromatic N) is 3. The number of nitrogens with two attached hydrogens (primary N) is 1. The van der Waals surface area contributed by atoms with Crippen molar-refractivity contribution in [3.8, 4) is 6.07 Å². The van der Waals surface area contributed by atoms with Crippen LogP contribution in [0.4, 0.5) is 0 Å². The second kappa shape index (κ2) is 10.1. The van der Waals surface area contributed by atoms with Crippen molar-refractivity contribution < 1.29 is 14.3 Å². The number of carbonyl (C=O) groups excluding carboxylic acids is 2. The van der Waals surface area contributed by atoms with Crippen LogP contribution in [0.2, 0.25) is 0 Å². The third kappa shape index (κ3) is 4.82. The number of aromatic nitrogens is 1. The summed E-state index contributed by atoms with van der Waals surface area (Å²) in [4.78, 5) is 32.3. The van der Waals surface area contributed by atoms with Gasteiger partial charge in [0.1, 0.15) is 0 Å². The van der Waals surface area contributed by atoms with E-state index >= 15 is 0 Å². The predicted octanol–water partition coefficient (Wildman–Crippen LogP) is 4.13. The van der Waals surface area contributed by atoms with Crippen LogP contribution in [0.15, 0.2) is 54.7 Å². The first kappa shape index (κ1) is 24.0. The normalized spacial score (nSPS) is 21.9. The van der Waals surface area contributed by atoms with Crippen molar-refractivity contribution in [3.05, 3.63) is 77.0 Å². The first-order valence-corrected chi connectivity index (χ1v) is 12.6. The summed E-state index contributed by atoms with van der Waals surface area (Å²) in [5, 5.41) is 9.82. The number of ether oxygens (including phenoxy) is 1. The summed E-state index contributed by atoms with van der Waals surface area (Å²) in [6, 6.07) is 17.2. The molecule has 0 bridgehead atoms. The number of nitriles is 1. The van der Waals surface area contributed by atoms with Gasteiger partial charge in [0.15, 0.2) is 5.60 Å². The van der Waals surface area contributed by atoms with Crippen molar-refractivity contribution in [2.75, 3.05) is 13.1 Å². The molecule has 3 aromatic rings. The van der Waals surface area contributed by atoms with E-state index in [0.29, 0.717) is 35.2 Å². The zero-order valence-corrected chi connectivity index (χ0v) is 20.3. The van der Waals surface area contributed by atoms with Crippen LogP contribution in [-0.2, 0) is 22.5 Å². The number of pyridine rings is 1. The fraction of sp³-hybridized carbons (Fsp3) is 0.379. The summed E-state index contributed by atoms with van der Waals surface area (Å²) in [5.41, 5.74) is 8.92. The minimum atomic E-state index is -1.26. The number of primary amides is 1. The molecule has 1 aliphatic heterocycles. The second-order valence-electron chi connectivity index (χ2n) is 9.98. The first-order valence-electron chi connectivity index (χ1n) is 12.6. The fourth-order valence-electron chi connectivity index (χ4n) is 5.57. The van der Waals surface area contributed by atoms with Crippen molar-refractivity contribution in [2.45, 2.75) is 50.7 Å². The molecular formula is C29H30N4O3. The lowest BCUT2D eigenvalue weighted by atomic mass is 9.77. The third-order valence-electron chi connectivity index (χ3n) is 7.80. The largest absolute Gasteiger partial charge is 0.445 e. The Hall–Kier alpha value is -3.76. The van der Waals surface area contributed by atoms with Crippen molar-refractivity contribution in [3.63, 3.8) is 0 Å². The maximum absolute atomic E-state index is 13.1. The van der Waals surface area contributed by atoms with Gasteiger partial charge in [0.05, 0.1) is 22.7 Å². The number of fused-ring (bicyclic) bond motifs is 2. The Kier molecular flexibility index (Phi) is 6.71. The highest BCUT2D eigenvalue weighted by Crippen LogP contribution is 2.37. The van der Waals surface area contributed by atoms with Gasteiger partial charge in [-0.15, -0.1) is 0 Å². The molecule has 1 amide bonds. The Morgan fingerprint density at radius 2 is 1.94 bits per heavy atom. The number of benzene rings is 2. The van der Waals surface area contributed by atoms with Crippen LogP contribution in [0.3, 0.4) is 0 Å². The van der Waals surface area contributed by atoms with Gasteiger partial charge in [0.25, 0.3) is 5.91 Å². The van der Waals surface area contributed by atoms with E-state index in [0.717, 1.165) is 50.9 Å². The van der Waals surface area contributed by atoms with E-state index in [4.69, 9.17) is 15.7 Å². The maximum atomic E-state index is 13.1. The number of esters is 1. The van der Waals surface area contributed by atoms with Gasteiger partial charge in [0.2, 0.25) is 0 Å². The average molecular weight is 483 g/mol. The highest BCUT2D eigenvalue weighted by Gasteiger charge is 2.44. The zero-order chi connectivity index (χ0) is 25.1. The molecule has 5 rings (SSSR count). The van der Waals surface area contributed by atoms with Crippen LogP contribution in [-0.4, -0.2) is 40.5 Å². The summed E-state index contributed by atoms with van der Waals surface area (Å²) >= 11 is 0. The predicted molar refractivity (Wildman–Crippen MR) is 136 cm³/mol. The Balaban J connectivity index is 1.18. The summed E-state index contributed by atoms with van der Waals surface area (Å²) in [5.74, 6) is -0.644. The van der Waals surface area contributed by atoms with E-state index in [1.807, 2.05) is 36.4 Å². The van der Waals surface area contributed by atoms with E-state index in [2.05, 4.69) is 22.0 Å². The molecule has 0 saturated heterocycles. The molecule has 0 unspecified atom stereocenters. The standard InChI is InChI=1S/C29H30N4O3/c30-18-21-5-6-23-19-33(16-11-22(23)17-21)15-10-20-7-12-29(13-8-20,28(31)35)36-27(34)25-9-14-32-26-4-2-1-3-24(25)26/h1-6,9,14,17,20H,7-8,10-13,15-16,19H2,(H2,31,35). The molecule has 1 fully saturated rings. The van der Waals surface area contributed by atoms with Crippen molar-refractivity contribution in [1.82, 2.24) is 9.88 Å². The summed E-state index contributed by atoms with van der Waals surface area (Å²) in [6.07, 6.45) is 6.05. The SMILES string of the molecule is N#Cc1ccc2c(c1)CCN(CCC1CCC(OC(=O)c3ccnc4ccccc34)(C(N)=O)CC1)C2. The molecule has 7 heteroatoms. The molecule has 184 valence electrons. The van der Waals surface area contributed by atoms with Gasteiger partial charge in [0, 0.05) is 24.7 Å². The van der Waals surface area contributed by atoms with Crippen LogP contribution in [0.1, 0.15) is 59.2 Å². The Labute approximate surface area is 210 Å². The van der Waals surface area contributed by atoms with E-state index in [9.17, 15) is 9.59 Å². The number of para-hydroxylation sites is 1. The van der Waals surface area contributed by atoms with Crippen molar-refractivity contribution in [2.24, 2.45) is 11.7 Å². The van der Waals surface area contributed by atoms with Crippen molar-refractivity contribution in [1.29, 1.82) is 5.26 Å². The molecular weight excluding hydrogens is 452 g/mol. The molecule has 2 N–H and O–H groups in total. The molecule has 1 aromatic heterocycles. The number of hydrogen-bond acceptors (Lipinski definition) is 6. The topological polar surface area (TPSA) is 109 Å². The van der Waals surface area contributed by atoms with E-state index in [1.165, 1.54) is 11.1 Å². The summed E-state index contributed by atoms with van der Waals surface area (Å²) < 4.78 is 5.86. The minimum Gasteiger partial charge on any atom is -0.445 e. The van der Waals surface area contributed by atoms with Gasteiger partial charge in [-0.05, 0) is 86.4 Å². The van der Waals surface area contributed by atoms with Crippen LogP contribution >= 0.6 is 0 Å². The monoisotopic (exact) mass is 482 g/mol. The lowest BCUT2D eigenvalue weighted by Crippen LogP contribution is -2.50. The first-order chi connectivity index (χ1) is 17.5. The molecule has 2 aromatic carbocycles.